The van der Waals surface area contributed by atoms with Gasteiger partial charge in [0.1, 0.15) is 6.04 Å². The van der Waals surface area contributed by atoms with E-state index in [1.165, 1.54) is 0 Å². The quantitative estimate of drug-likeness (QED) is 0.609. The van der Waals surface area contributed by atoms with Crippen LogP contribution in [0.25, 0.3) is 11.4 Å². The third-order valence-corrected chi connectivity index (χ3v) is 4.71. The maximum Gasteiger partial charge on any atom is 0.416 e. The van der Waals surface area contributed by atoms with E-state index in [0.717, 1.165) is 36.2 Å². The molecule has 0 saturated carbocycles. The van der Waals surface area contributed by atoms with E-state index in [1.807, 2.05) is 44.2 Å². The number of rotatable bonds is 6. The van der Waals surface area contributed by atoms with Crippen molar-refractivity contribution in [1.82, 2.24) is 15.5 Å². The van der Waals surface area contributed by atoms with Gasteiger partial charge in [-0.2, -0.15) is 18.2 Å². The molecule has 0 saturated heterocycles. The van der Waals surface area contributed by atoms with Crippen LogP contribution in [0.3, 0.4) is 0 Å². The standard InChI is InChI=1S/C21H20F3N3O2/c1-3-13(2)17(20-26-18(27-29-20)14-7-5-4-6-8-14)25-19(28)15-9-11-16(12-10-15)21(22,23)24/h4-13,17H,3H2,1-2H3,(H,25,28)/t13-,17+/m1/s1. The summed E-state index contributed by atoms with van der Waals surface area (Å²) in [5.74, 6) is 0.108. The lowest BCUT2D eigenvalue weighted by Crippen LogP contribution is -2.32. The van der Waals surface area contributed by atoms with Crippen LogP contribution in [-0.4, -0.2) is 16.0 Å². The van der Waals surface area contributed by atoms with E-state index in [0.29, 0.717) is 5.82 Å². The minimum Gasteiger partial charge on any atom is -0.340 e. The Balaban J connectivity index is 1.81. The number of hydrogen-bond acceptors (Lipinski definition) is 4. The molecule has 1 aromatic heterocycles. The Morgan fingerprint density at radius 2 is 1.76 bits per heavy atom. The summed E-state index contributed by atoms with van der Waals surface area (Å²) >= 11 is 0. The van der Waals surface area contributed by atoms with E-state index in [4.69, 9.17) is 4.52 Å². The van der Waals surface area contributed by atoms with Gasteiger partial charge in [0.25, 0.3) is 5.91 Å². The second kappa shape index (κ2) is 8.46. The first-order valence-electron chi connectivity index (χ1n) is 9.16. The number of benzene rings is 2. The molecule has 0 unspecified atom stereocenters. The van der Waals surface area contributed by atoms with E-state index in [1.54, 1.807) is 0 Å². The zero-order valence-corrected chi connectivity index (χ0v) is 15.9. The fraction of sp³-hybridized carbons (Fsp3) is 0.286. The largest absolute Gasteiger partial charge is 0.416 e. The fourth-order valence-corrected chi connectivity index (χ4v) is 2.78. The monoisotopic (exact) mass is 403 g/mol. The number of hydrogen-bond donors (Lipinski definition) is 1. The molecule has 0 spiro atoms. The molecule has 1 N–H and O–H groups in total. The molecule has 3 aromatic rings. The second-order valence-electron chi connectivity index (χ2n) is 6.73. The molecular formula is C21H20F3N3O2. The lowest BCUT2D eigenvalue weighted by molar-refractivity contribution is -0.137. The number of amides is 1. The molecule has 152 valence electrons. The van der Waals surface area contributed by atoms with Crippen molar-refractivity contribution in [3.63, 3.8) is 0 Å². The Morgan fingerprint density at radius 3 is 2.34 bits per heavy atom. The summed E-state index contributed by atoms with van der Waals surface area (Å²) in [5, 5.41) is 6.79. The highest BCUT2D eigenvalue weighted by atomic mass is 19.4. The van der Waals surface area contributed by atoms with Crippen molar-refractivity contribution in [1.29, 1.82) is 0 Å². The molecule has 2 atom stereocenters. The highest BCUT2D eigenvalue weighted by Crippen LogP contribution is 2.30. The molecular weight excluding hydrogens is 383 g/mol. The van der Waals surface area contributed by atoms with Gasteiger partial charge in [0.15, 0.2) is 0 Å². The molecule has 5 nitrogen and oxygen atoms in total. The molecule has 3 rings (SSSR count). The summed E-state index contributed by atoms with van der Waals surface area (Å²) in [7, 11) is 0. The Hall–Kier alpha value is -3.16. The molecule has 0 radical (unpaired) electrons. The van der Waals surface area contributed by atoms with Gasteiger partial charge in [-0.15, -0.1) is 0 Å². The molecule has 2 aromatic carbocycles. The molecule has 0 fully saturated rings. The average Bonchev–Trinajstić information content (AvgIpc) is 3.21. The predicted octanol–water partition coefficient (Wildman–Crippen LogP) is 5.27. The van der Waals surface area contributed by atoms with Crippen LogP contribution >= 0.6 is 0 Å². The molecule has 0 aliphatic heterocycles. The van der Waals surface area contributed by atoms with Crippen LogP contribution < -0.4 is 5.32 Å². The van der Waals surface area contributed by atoms with E-state index >= 15 is 0 Å². The summed E-state index contributed by atoms with van der Waals surface area (Å²) in [4.78, 5) is 17.0. The number of nitrogens with zero attached hydrogens (tertiary/aromatic N) is 2. The SMILES string of the molecule is CC[C@@H](C)[C@H](NC(=O)c1ccc(C(F)(F)F)cc1)c1nc(-c2ccccc2)no1. The van der Waals surface area contributed by atoms with Crippen molar-refractivity contribution in [2.45, 2.75) is 32.5 Å². The summed E-state index contributed by atoms with van der Waals surface area (Å²) in [5.41, 5.74) is 0.0884. The van der Waals surface area contributed by atoms with E-state index in [-0.39, 0.29) is 17.4 Å². The second-order valence-corrected chi connectivity index (χ2v) is 6.73. The van der Waals surface area contributed by atoms with Crippen molar-refractivity contribution in [2.75, 3.05) is 0 Å². The zero-order valence-electron chi connectivity index (χ0n) is 15.9. The van der Waals surface area contributed by atoms with Gasteiger partial charge in [-0.25, -0.2) is 0 Å². The molecule has 0 bridgehead atoms. The summed E-state index contributed by atoms with van der Waals surface area (Å²) < 4.78 is 43.5. The van der Waals surface area contributed by atoms with Crippen LogP contribution in [0.5, 0.6) is 0 Å². The molecule has 8 heteroatoms. The van der Waals surface area contributed by atoms with Crippen molar-refractivity contribution < 1.29 is 22.5 Å². The number of carbonyl (C=O) groups excluding carboxylic acids is 1. The maximum absolute atomic E-state index is 12.7. The molecule has 0 aliphatic carbocycles. The minimum absolute atomic E-state index is 0.0301. The molecule has 1 heterocycles. The number of halogens is 3. The van der Waals surface area contributed by atoms with Crippen LogP contribution in [-0.2, 0) is 6.18 Å². The third kappa shape index (κ3) is 4.82. The van der Waals surface area contributed by atoms with Crippen molar-refractivity contribution in [3.05, 3.63) is 71.6 Å². The van der Waals surface area contributed by atoms with Crippen LogP contribution in [0, 0.1) is 5.92 Å². The molecule has 1 amide bonds. The van der Waals surface area contributed by atoms with E-state index in [2.05, 4.69) is 15.5 Å². The lowest BCUT2D eigenvalue weighted by atomic mass is 9.98. The van der Waals surface area contributed by atoms with Crippen molar-refractivity contribution >= 4 is 5.91 Å². The summed E-state index contributed by atoms with van der Waals surface area (Å²) in [6.07, 6.45) is -3.73. The van der Waals surface area contributed by atoms with Crippen molar-refractivity contribution in [3.8, 4) is 11.4 Å². The smallest absolute Gasteiger partial charge is 0.340 e. The maximum atomic E-state index is 12.7. The minimum atomic E-state index is -4.45. The van der Waals surface area contributed by atoms with Crippen molar-refractivity contribution in [2.24, 2.45) is 5.92 Å². The first-order valence-corrected chi connectivity index (χ1v) is 9.16. The number of alkyl halides is 3. The first-order chi connectivity index (χ1) is 13.8. The van der Waals surface area contributed by atoms with Gasteiger partial charge in [0, 0.05) is 11.1 Å². The van der Waals surface area contributed by atoms with Crippen LogP contribution in [0.2, 0.25) is 0 Å². The first kappa shape index (κ1) is 20.6. The summed E-state index contributed by atoms with van der Waals surface area (Å²) in [6.45, 7) is 3.88. The lowest BCUT2D eigenvalue weighted by Gasteiger charge is -2.21. The predicted molar refractivity (Wildman–Crippen MR) is 101 cm³/mol. The molecule has 29 heavy (non-hydrogen) atoms. The topological polar surface area (TPSA) is 68.0 Å². The fourth-order valence-electron chi connectivity index (χ4n) is 2.78. The number of carbonyl (C=O) groups is 1. The van der Waals surface area contributed by atoms with Gasteiger partial charge < -0.3 is 9.84 Å². The van der Waals surface area contributed by atoms with Gasteiger partial charge in [-0.05, 0) is 30.2 Å². The van der Waals surface area contributed by atoms with Gasteiger partial charge >= 0.3 is 6.18 Å². The van der Waals surface area contributed by atoms with Gasteiger partial charge in [-0.1, -0.05) is 55.8 Å². The summed E-state index contributed by atoms with van der Waals surface area (Å²) in [6, 6.07) is 12.7. The zero-order chi connectivity index (χ0) is 21.0. The Kier molecular flexibility index (Phi) is 6.00. The van der Waals surface area contributed by atoms with Gasteiger partial charge in [0.2, 0.25) is 11.7 Å². The van der Waals surface area contributed by atoms with Crippen LogP contribution in [0.15, 0.2) is 59.1 Å². The van der Waals surface area contributed by atoms with Crippen LogP contribution in [0.4, 0.5) is 13.2 Å². The third-order valence-electron chi connectivity index (χ3n) is 4.71. The Bertz CT molecular complexity index is 953. The normalized spacial score (nSPS) is 13.7. The molecule has 0 aliphatic rings. The van der Waals surface area contributed by atoms with Crippen LogP contribution in [0.1, 0.15) is 48.1 Å². The van der Waals surface area contributed by atoms with Gasteiger partial charge in [-0.3, -0.25) is 4.79 Å². The van der Waals surface area contributed by atoms with E-state index < -0.39 is 23.7 Å². The van der Waals surface area contributed by atoms with E-state index in [9.17, 15) is 18.0 Å². The Labute approximate surface area is 165 Å². The number of nitrogens with one attached hydrogen (secondary N) is 1. The average molecular weight is 403 g/mol. The highest BCUT2D eigenvalue weighted by Gasteiger charge is 2.31. The Morgan fingerprint density at radius 1 is 1.10 bits per heavy atom. The number of aromatic nitrogens is 2. The highest BCUT2D eigenvalue weighted by molar-refractivity contribution is 5.94. The van der Waals surface area contributed by atoms with Gasteiger partial charge in [0.05, 0.1) is 5.56 Å².